The summed E-state index contributed by atoms with van der Waals surface area (Å²) in [5, 5.41) is 48.7. The van der Waals surface area contributed by atoms with Crippen LogP contribution in [0.2, 0.25) is 0 Å². The van der Waals surface area contributed by atoms with E-state index >= 15 is 0 Å². The van der Waals surface area contributed by atoms with Crippen LogP contribution in [0.3, 0.4) is 0 Å². The number of aryl methyl sites for hydroxylation is 1. The molecule has 0 saturated carbocycles. The van der Waals surface area contributed by atoms with E-state index in [0.717, 1.165) is 17.7 Å². The summed E-state index contributed by atoms with van der Waals surface area (Å²) in [6.45, 7) is 2.94. The van der Waals surface area contributed by atoms with Crippen molar-refractivity contribution in [3.63, 3.8) is 0 Å². The second kappa shape index (κ2) is 12.0. The highest BCUT2D eigenvalue weighted by Crippen LogP contribution is 2.39. The molecule has 0 aromatic heterocycles. The lowest BCUT2D eigenvalue weighted by molar-refractivity contribution is -0.226. The number of nitrogens with zero attached hydrogens (tertiary/aromatic N) is 1. The van der Waals surface area contributed by atoms with Gasteiger partial charge in [0.05, 0.1) is 12.1 Å². The molecule has 2 heterocycles. The highest BCUT2D eigenvalue weighted by molar-refractivity contribution is 7.80. The van der Waals surface area contributed by atoms with Gasteiger partial charge in [0.2, 0.25) is 0 Å². The molecule has 2 aliphatic heterocycles. The van der Waals surface area contributed by atoms with Gasteiger partial charge in [-0.1, -0.05) is 62.6 Å². The summed E-state index contributed by atoms with van der Waals surface area (Å²) in [5.74, 6) is 0. The predicted octanol–water partition coefficient (Wildman–Crippen LogP) is 3.01. The maximum absolute atomic E-state index is 10.9. The number of aliphatic hydroxyl groups excluding tert-OH is 3. The van der Waals surface area contributed by atoms with Crippen LogP contribution in [0.1, 0.15) is 51.0 Å². The summed E-state index contributed by atoms with van der Waals surface area (Å²) in [7, 11) is 0. The van der Waals surface area contributed by atoms with Crippen molar-refractivity contribution in [2.75, 3.05) is 18.4 Å². The van der Waals surface area contributed by atoms with Crippen molar-refractivity contribution < 1.29 is 20.4 Å². The smallest absolute Gasteiger partial charge is 0.173 e. The van der Waals surface area contributed by atoms with Crippen LogP contribution in [-0.2, 0) is 6.42 Å². The van der Waals surface area contributed by atoms with E-state index in [1.165, 1.54) is 36.8 Å². The molecular weight excluding hydrogens is 474 g/mol. The third-order valence-electron chi connectivity index (χ3n) is 7.60. The Hall–Kier alpha value is -2.07. The molecule has 196 valence electrons. The summed E-state index contributed by atoms with van der Waals surface area (Å²) in [5.41, 5.74) is 2.68. The van der Waals surface area contributed by atoms with Gasteiger partial charge in [0.25, 0.3) is 0 Å². The quantitative estimate of drug-likeness (QED) is 0.224. The Morgan fingerprint density at radius 3 is 2.33 bits per heavy atom. The van der Waals surface area contributed by atoms with E-state index in [2.05, 4.69) is 41.8 Å². The molecule has 0 radical (unpaired) electrons. The minimum atomic E-state index is -1.83. The molecule has 6 N–H and O–H groups in total. The highest BCUT2D eigenvalue weighted by Gasteiger charge is 2.61. The standard InChI is InChI=1S/C28H39N3O4S/c1-2-3-4-5-7-19-9-11-20(12-10-19)21-13-15-22(16-14-21)30-27(36)29-18-23-25(33)26(34)28(35)24(32)8-6-17-31(23)28/h9-16,23-26,32-35H,2-8,17-18H2,1H3,(H2,29,30,36)/t23-,24-,25-,26-,28+/m1/s1. The van der Waals surface area contributed by atoms with E-state index in [9.17, 15) is 20.4 Å². The van der Waals surface area contributed by atoms with Crippen molar-refractivity contribution in [2.45, 2.75) is 81.9 Å². The van der Waals surface area contributed by atoms with Crippen LogP contribution in [0.4, 0.5) is 5.69 Å². The number of piperidine rings is 1. The maximum Gasteiger partial charge on any atom is 0.173 e. The Morgan fingerprint density at radius 2 is 1.67 bits per heavy atom. The van der Waals surface area contributed by atoms with Crippen LogP contribution in [0, 0.1) is 0 Å². The molecule has 8 heteroatoms. The number of rotatable bonds is 9. The number of unbranched alkanes of at least 4 members (excludes halogenated alkanes) is 3. The third-order valence-corrected chi connectivity index (χ3v) is 7.85. The number of fused-ring (bicyclic) bond motifs is 1. The lowest BCUT2D eigenvalue weighted by Crippen LogP contribution is -2.63. The molecule has 2 saturated heterocycles. The first-order chi connectivity index (χ1) is 17.3. The van der Waals surface area contributed by atoms with Gasteiger partial charge in [-0.15, -0.1) is 0 Å². The number of hydrogen-bond donors (Lipinski definition) is 6. The molecule has 0 bridgehead atoms. The van der Waals surface area contributed by atoms with Crippen molar-refractivity contribution in [3.8, 4) is 11.1 Å². The molecule has 4 rings (SSSR count). The normalized spacial score (nSPS) is 28.0. The van der Waals surface area contributed by atoms with Gasteiger partial charge in [0.1, 0.15) is 12.2 Å². The van der Waals surface area contributed by atoms with Gasteiger partial charge >= 0.3 is 0 Å². The van der Waals surface area contributed by atoms with Gasteiger partial charge in [0, 0.05) is 18.8 Å². The molecule has 2 aromatic rings. The predicted molar refractivity (Wildman–Crippen MR) is 147 cm³/mol. The first kappa shape index (κ1) is 27.0. The third kappa shape index (κ3) is 5.74. The lowest BCUT2D eigenvalue weighted by Gasteiger charge is -2.44. The van der Waals surface area contributed by atoms with Gasteiger partial charge in [-0.05, 0) is 66.7 Å². The first-order valence-corrected chi connectivity index (χ1v) is 13.5. The fraction of sp³-hybridized carbons (Fsp3) is 0.536. The molecule has 7 nitrogen and oxygen atoms in total. The van der Waals surface area contributed by atoms with Crippen molar-refractivity contribution in [1.82, 2.24) is 10.2 Å². The molecule has 2 fully saturated rings. The molecule has 0 aliphatic carbocycles. The number of thiocarbonyl (C=S) groups is 1. The van der Waals surface area contributed by atoms with Crippen LogP contribution in [0.15, 0.2) is 48.5 Å². The topological polar surface area (TPSA) is 108 Å². The molecule has 2 aliphatic rings. The zero-order valence-corrected chi connectivity index (χ0v) is 21.8. The minimum absolute atomic E-state index is 0.224. The van der Waals surface area contributed by atoms with Crippen LogP contribution in [0.5, 0.6) is 0 Å². The zero-order valence-electron chi connectivity index (χ0n) is 20.9. The summed E-state index contributed by atoms with van der Waals surface area (Å²) in [6.07, 6.45) is 3.53. The second-order valence-corrected chi connectivity index (χ2v) is 10.5. The summed E-state index contributed by atoms with van der Waals surface area (Å²) < 4.78 is 0. The molecular formula is C28H39N3O4S. The maximum atomic E-state index is 10.9. The van der Waals surface area contributed by atoms with Crippen molar-refractivity contribution in [2.24, 2.45) is 0 Å². The van der Waals surface area contributed by atoms with Crippen LogP contribution in [0.25, 0.3) is 11.1 Å². The molecule has 36 heavy (non-hydrogen) atoms. The summed E-state index contributed by atoms with van der Waals surface area (Å²) >= 11 is 5.43. The van der Waals surface area contributed by atoms with Crippen molar-refractivity contribution in [1.29, 1.82) is 0 Å². The average Bonchev–Trinajstić information content (AvgIpc) is 3.08. The van der Waals surface area contributed by atoms with Crippen LogP contribution >= 0.6 is 12.2 Å². The zero-order chi connectivity index (χ0) is 25.7. The van der Waals surface area contributed by atoms with Crippen LogP contribution < -0.4 is 10.6 Å². The summed E-state index contributed by atoms with van der Waals surface area (Å²) in [4.78, 5) is 1.59. The number of anilines is 1. The molecule has 5 atom stereocenters. The Bertz CT molecular complexity index is 1000. The van der Waals surface area contributed by atoms with Gasteiger partial charge in [0.15, 0.2) is 10.8 Å². The molecule has 0 amide bonds. The van der Waals surface area contributed by atoms with Gasteiger partial charge in [-0.3, -0.25) is 4.90 Å². The Balaban J connectivity index is 1.29. The van der Waals surface area contributed by atoms with Crippen molar-refractivity contribution >= 4 is 23.0 Å². The number of nitrogens with one attached hydrogen (secondary N) is 2. The van der Waals surface area contributed by atoms with E-state index in [1.807, 2.05) is 24.3 Å². The highest BCUT2D eigenvalue weighted by atomic mass is 32.1. The van der Waals surface area contributed by atoms with E-state index in [-0.39, 0.29) is 6.54 Å². The van der Waals surface area contributed by atoms with Gasteiger partial charge in [-0.2, -0.15) is 0 Å². The number of benzene rings is 2. The van der Waals surface area contributed by atoms with E-state index in [1.54, 1.807) is 4.90 Å². The second-order valence-electron chi connectivity index (χ2n) is 10.1. The molecule has 2 aromatic carbocycles. The van der Waals surface area contributed by atoms with E-state index < -0.39 is 30.1 Å². The number of hydrogen-bond acceptors (Lipinski definition) is 6. The Morgan fingerprint density at radius 1 is 1.00 bits per heavy atom. The monoisotopic (exact) mass is 513 g/mol. The molecule has 0 spiro atoms. The summed E-state index contributed by atoms with van der Waals surface area (Å²) in [6, 6.07) is 16.2. The Kier molecular flexibility index (Phi) is 8.98. The van der Waals surface area contributed by atoms with Crippen LogP contribution in [-0.4, -0.2) is 73.6 Å². The fourth-order valence-electron chi connectivity index (χ4n) is 5.45. The van der Waals surface area contributed by atoms with Gasteiger partial charge < -0.3 is 31.1 Å². The largest absolute Gasteiger partial charge is 0.389 e. The van der Waals surface area contributed by atoms with E-state index in [4.69, 9.17) is 12.2 Å². The average molecular weight is 514 g/mol. The number of aliphatic hydroxyl groups is 4. The SMILES string of the molecule is CCCCCCc1ccc(-c2ccc(NC(=S)NC[C@@H]3[C@@H](O)[C@@H](O)[C@@]4(O)[C@H](O)CCCN34)cc2)cc1. The lowest BCUT2D eigenvalue weighted by atomic mass is 9.92. The van der Waals surface area contributed by atoms with Crippen molar-refractivity contribution in [3.05, 3.63) is 54.1 Å². The Labute approximate surface area is 219 Å². The minimum Gasteiger partial charge on any atom is -0.389 e. The van der Waals surface area contributed by atoms with E-state index in [0.29, 0.717) is 24.5 Å². The van der Waals surface area contributed by atoms with Gasteiger partial charge in [-0.25, -0.2) is 0 Å². The first-order valence-electron chi connectivity index (χ1n) is 13.1. The molecule has 0 unspecified atom stereocenters. The fourth-order valence-corrected chi connectivity index (χ4v) is 5.65.